The molecule has 10 heteroatoms. The van der Waals surface area contributed by atoms with Crippen LogP contribution in [0.3, 0.4) is 0 Å². The second kappa shape index (κ2) is 9.88. The van der Waals surface area contributed by atoms with Gasteiger partial charge in [-0.15, -0.1) is 0 Å². The predicted molar refractivity (Wildman–Crippen MR) is 122 cm³/mol. The van der Waals surface area contributed by atoms with E-state index in [0.717, 1.165) is 0 Å². The van der Waals surface area contributed by atoms with E-state index in [1.807, 2.05) is 0 Å². The number of amides is 1. The number of aryl methyl sites for hydroxylation is 1. The molecule has 0 radical (unpaired) electrons. The number of hydrogen-bond acceptors (Lipinski definition) is 7. The molecule has 0 aliphatic carbocycles. The average Bonchev–Trinajstić information content (AvgIpc) is 3.27. The minimum absolute atomic E-state index is 0.0136. The van der Waals surface area contributed by atoms with Crippen molar-refractivity contribution in [1.29, 1.82) is 0 Å². The van der Waals surface area contributed by atoms with Gasteiger partial charge >= 0.3 is 5.97 Å². The van der Waals surface area contributed by atoms with E-state index in [-0.39, 0.29) is 18.0 Å². The summed E-state index contributed by atoms with van der Waals surface area (Å²) in [5.74, 6) is -0.132. The quantitative estimate of drug-likeness (QED) is 0.183. The number of nitro benzene ring substituents is 1. The first-order chi connectivity index (χ1) is 14.8. The fraction of sp³-hybridized carbons (Fsp3) is 0.286. The molecule has 1 aromatic carbocycles. The average molecular weight is 461 g/mol. The topological polar surface area (TPSA) is 114 Å². The number of benzene rings is 1. The zero-order chi connectivity index (χ0) is 22.5. The number of rotatable bonds is 9. The predicted octanol–water partition coefficient (Wildman–Crippen LogP) is 5.01. The first-order valence-electron chi connectivity index (χ1n) is 9.58. The van der Waals surface area contributed by atoms with Gasteiger partial charge in [-0.3, -0.25) is 24.6 Å². The Bertz CT molecular complexity index is 1080. The van der Waals surface area contributed by atoms with Gasteiger partial charge in [-0.25, -0.2) is 0 Å². The molecule has 1 aromatic heterocycles. The molecule has 0 atom stereocenters. The normalized spacial score (nSPS) is 15.1. The molecule has 1 aliphatic heterocycles. The second-order valence-corrected chi connectivity index (χ2v) is 8.67. The SMILES string of the molecule is Cc1ccc(-c2ccc(/C=C3\SC(=S)N(CCCCCC(=O)O)C3=O)o2)cc1[N+](=O)[O-]. The van der Waals surface area contributed by atoms with E-state index in [1.165, 1.54) is 22.7 Å². The number of hydrogen-bond donors (Lipinski definition) is 1. The maximum Gasteiger partial charge on any atom is 0.303 e. The highest BCUT2D eigenvalue weighted by Gasteiger charge is 2.31. The number of nitrogens with zero attached hydrogens (tertiary/aromatic N) is 2. The molecule has 2 aromatic rings. The minimum atomic E-state index is -0.827. The summed E-state index contributed by atoms with van der Waals surface area (Å²) in [5.41, 5.74) is 1.15. The molecule has 2 heterocycles. The van der Waals surface area contributed by atoms with Crippen LogP contribution in [0.25, 0.3) is 17.4 Å². The number of thioether (sulfide) groups is 1. The van der Waals surface area contributed by atoms with Crippen LogP contribution >= 0.6 is 24.0 Å². The largest absolute Gasteiger partial charge is 0.481 e. The molecule has 0 bridgehead atoms. The van der Waals surface area contributed by atoms with Gasteiger partial charge in [0.1, 0.15) is 15.8 Å². The third-order valence-corrected chi connectivity index (χ3v) is 6.11. The third-order valence-electron chi connectivity index (χ3n) is 4.74. The molecular formula is C21H20N2O6S2. The van der Waals surface area contributed by atoms with Crippen molar-refractivity contribution in [2.45, 2.75) is 32.6 Å². The first kappa shape index (κ1) is 22.7. The maximum absolute atomic E-state index is 12.7. The van der Waals surface area contributed by atoms with Crippen LogP contribution < -0.4 is 0 Å². The van der Waals surface area contributed by atoms with Crippen LogP contribution in [0.1, 0.15) is 37.0 Å². The molecule has 0 saturated carbocycles. The van der Waals surface area contributed by atoms with Crippen molar-refractivity contribution in [3.05, 3.63) is 56.7 Å². The van der Waals surface area contributed by atoms with Crippen molar-refractivity contribution >= 4 is 51.9 Å². The molecular weight excluding hydrogens is 440 g/mol. The number of carbonyl (C=O) groups excluding carboxylic acids is 1. The molecule has 1 fully saturated rings. The lowest BCUT2D eigenvalue weighted by atomic mass is 10.1. The number of thiocarbonyl (C=S) groups is 1. The number of carboxylic acids is 1. The molecule has 1 N–H and O–H groups in total. The molecule has 8 nitrogen and oxygen atoms in total. The summed E-state index contributed by atoms with van der Waals surface area (Å²) in [6.07, 6.45) is 3.65. The van der Waals surface area contributed by atoms with Crippen molar-refractivity contribution < 1.29 is 24.0 Å². The van der Waals surface area contributed by atoms with E-state index in [4.69, 9.17) is 21.7 Å². The van der Waals surface area contributed by atoms with Gasteiger partial charge in [0.25, 0.3) is 11.6 Å². The number of unbranched alkanes of at least 4 members (excludes halogenated alkanes) is 2. The molecule has 0 unspecified atom stereocenters. The first-order valence-corrected chi connectivity index (χ1v) is 10.8. The van der Waals surface area contributed by atoms with Crippen molar-refractivity contribution in [2.24, 2.45) is 0 Å². The van der Waals surface area contributed by atoms with E-state index >= 15 is 0 Å². The summed E-state index contributed by atoms with van der Waals surface area (Å²) in [7, 11) is 0. The van der Waals surface area contributed by atoms with Crippen molar-refractivity contribution in [3.63, 3.8) is 0 Å². The summed E-state index contributed by atoms with van der Waals surface area (Å²) < 4.78 is 6.23. The van der Waals surface area contributed by atoms with Crippen molar-refractivity contribution in [1.82, 2.24) is 4.90 Å². The lowest BCUT2D eigenvalue weighted by Crippen LogP contribution is -2.29. The molecule has 0 spiro atoms. The number of furan rings is 1. The van der Waals surface area contributed by atoms with Gasteiger partial charge in [0.05, 0.1) is 9.83 Å². The van der Waals surface area contributed by atoms with Crippen LogP contribution in [0.4, 0.5) is 5.69 Å². The van der Waals surface area contributed by atoms with Gasteiger partial charge in [-0.2, -0.15) is 0 Å². The Morgan fingerprint density at radius 3 is 2.77 bits per heavy atom. The molecule has 1 saturated heterocycles. The van der Waals surface area contributed by atoms with Crippen LogP contribution in [0.15, 0.2) is 39.7 Å². The van der Waals surface area contributed by atoms with Crippen LogP contribution in [-0.2, 0) is 9.59 Å². The Kier molecular flexibility index (Phi) is 7.24. The summed E-state index contributed by atoms with van der Waals surface area (Å²) in [6, 6.07) is 8.26. The number of carboxylic acid groups (broad SMARTS) is 1. The number of nitro groups is 1. The molecule has 1 aliphatic rings. The van der Waals surface area contributed by atoms with Gasteiger partial charge in [0, 0.05) is 36.2 Å². The Balaban J connectivity index is 1.68. The van der Waals surface area contributed by atoms with E-state index < -0.39 is 10.9 Å². The lowest BCUT2D eigenvalue weighted by molar-refractivity contribution is -0.385. The van der Waals surface area contributed by atoms with Crippen LogP contribution in [-0.4, -0.2) is 37.7 Å². The van der Waals surface area contributed by atoms with Gasteiger partial charge in [-0.1, -0.05) is 42.5 Å². The molecule has 31 heavy (non-hydrogen) atoms. The fourth-order valence-corrected chi connectivity index (χ4v) is 4.38. The lowest BCUT2D eigenvalue weighted by Gasteiger charge is -2.13. The standard InChI is InChI=1S/C21H20N2O6S2/c1-13-6-7-14(11-16(13)23(27)28)17-9-8-15(29-17)12-18-20(26)22(21(30)31-18)10-4-2-3-5-19(24)25/h6-9,11-12H,2-5,10H2,1H3,(H,24,25)/b18-12-. The Hall–Kier alpha value is -2.98. The number of carbonyl (C=O) groups is 2. The van der Waals surface area contributed by atoms with E-state index in [1.54, 1.807) is 37.3 Å². The van der Waals surface area contributed by atoms with Gasteiger partial charge < -0.3 is 9.52 Å². The highest BCUT2D eigenvalue weighted by atomic mass is 32.2. The monoisotopic (exact) mass is 460 g/mol. The summed E-state index contributed by atoms with van der Waals surface area (Å²) >= 11 is 6.49. The zero-order valence-electron chi connectivity index (χ0n) is 16.7. The Labute approximate surface area is 188 Å². The van der Waals surface area contributed by atoms with Crippen molar-refractivity contribution in [3.8, 4) is 11.3 Å². The van der Waals surface area contributed by atoms with Crippen molar-refractivity contribution in [2.75, 3.05) is 6.54 Å². The highest BCUT2D eigenvalue weighted by molar-refractivity contribution is 8.26. The zero-order valence-corrected chi connectivity index (χ0v) is 18.3. The van der Waals surface area contributed by atoms with E-state index in [2.05, 4.69) is 0 Å². The third kappa shape index (κ3) is 5.59. The smallest absolute Gasteiger partial charge is 0.303 e. The molecule has 162 valence electrons. The molecule has 1 amide bonds. The molecule has 3 rings (SSSR count). The minimum Gasteiger partial charge on any atom is -0.481 e. The van der Waals surface area contributed by atoms with Crippen LogP contribution in [0.5, 0.6) is 0 Å². The second-order valence-electron chi connectivity index (χ2n) is 7.00. The summed E-state index contributed by atoms with van der Waals surface area (Å²) in [5, 5.41) is 19.8. The van der Waals surface area contributed by atoms with Crippen LogP contribution in [0, 0.1) is 17.0 Å². The summed E-state index contributed by atoms with van der Waals surface area (Å²) in [4.78, 5) is 35.9. The van der Waals surface area contributed by atoms with E-state index in [9.17, 15) is 19.7 Å². The highest BCUT2D eigenvalue weighted by Crippen LogP contribution is 2.34. The fourth-order valence-electron chi connectivity index (χ4n) is 3.09. The summed E-state index contributed by atoms with van der Waals surface area (Å²) in [6.45, 7) is 2.11. The Morgan fingerprint density at radius 2 is 2.06 bits per heavy atom. The van der Waals surface area contributed by atoms with Gasteiger partial charge in [0.15, 0.2) is 0 Å². The van der Waals surface area contributed by atoms with Crippen LogP contribution in [0.2, 0.25) is 0 Å². The van der Waals surface area contributed by atoms with Gasteiger partial charge in [0.2, 0.25) is 0 Å². The van der Waals surface area contributed by atoms with Gasteiger partial charge in [-0.05, 0) is 31.9 Å². The Morgan fingerprint density at radius 1 is 1.29 bits per heavy atom. The number of aliphatic carboxylic acids is 1. The maximum atomic E-state index is 12.7. The van der Waals surface area contributed by atoms with E-state index in [0.29, 0.717) is 57.7 Å².